The summed E-state index contributed by atoms with van der Waals surface area (Å²) >= 11 is 0. The number of benzene rings is 1. The first kappa shape index (κ1) is 35.7. The quantitative estimate of drug-likeness (QED) is 0.203. The molecule has 3 aromatic rings. The molecule has 0 spiro atoms. The number of hydrogen-bond donors (Lipinski definition) is 1. The Morgan fingerprint density at radius 2 is 1.70 bits per heavy atom. The average molecular weight is 680 g/mol. The van der Waals surface area contributed by atoms with Crippen LogP contribution in [0.3, 0.4) is 0 Å². The van der Waals surface area contributed by atoms with Crippen molar-refractivity contribution in [2.24, 2.45) is 0 Å². The van der Waals surface area contributed by atoms with Crippen molar-refractivity contribution >= 4 is 27.9 Å². The molecule has 0 aliphatic carbocycles. The molecule has 9 nitrogen and oxygen atoms in total. The van der Waals surface area contributed by atoms with Gasteiger partial charge < -0.3 is 32.4 Å². The van der Waals surface area contributed by atoms with Crippen molar-refractivity contribution in [1.82, 2.24) is 14.5 Å². The summed E-state index contributed by atoms with van der Waals surface area (Å²) in [5, 5.41) is 9.75. The van der Waals surface area contributed by atoms with E-state index in [0.29, 0.717) is 42.1 Å². The molecule has 5 rings (SSSR count). The van der Waals surface area contributed by atoms with Crippen molar-refractivity contribution < 1.29 is 27.9 Å². The van der Waals surface area contributed by atoms with E-state index in [1.54, 1.807) is 0 Å². The lowest BCUT2D eigenvalue weighted by atomic mass is 10.1. The minimum absolute atomic E-state index is 0.0262. The largest absolute Gasteiger partial charge is 0.472 e. The summed E-state index contributed by atoms with van der Waals surface area (Å²) in [6.07, 6.45) is 2.20. The second kappa shape index (κ2) is 13.0. The van der Waals surface area contributed by atoms with Gasteiger partial charge in [-0.25, -0.2) is 9.97 Å². The maximum Gasteiger partial charge on any atom is 0.349 e. The van der Waals surface area contributed by atoms with Crippen LogP contribution in [0, 0.1) is 11.8 Å². The third-order valence-electron chi connectivity index (χ3n) is 9.78. The van der Waals surface area contributed by atoms with E-state index < -0.39 is 29.2 Å². The fraction of sp³-hybridized carbons (Fsp3) is 0.611. The molecule has 2 aromatic heterocycles. The smallest absolute Gasteiger partial charge is 0.349 e. The van der Waals surface area contributed by atoms with Crippen LogP contribution in [-0.2, 0) is 24.6 Å². The van der Waals surface area contributed by atoms with E-state index in [1.807, 2.05) is 41.1 Å². The molecule has 11 heteroatoms. The van der Waals surface area contributed by atoms with Gasteiger partial charge in [0.2, 0.25) is 5.88 Å². The van der Waals surface area contributed by atoms with Crippen LogP contribution in [0.1, 0.15) is 86.1 Å². The fourth-order valence-electron chi connectivity index (χ4n) is 6.58. The lowest BCUT2D eigenvalue weighted by Gasteiger charge is -2.54. The summed E-state index contributed by atoms with van der Waals surface area (Å²) in [5.41, 5.74) is 2.37. The summed E-state index contributed by atoms with van der Waals surface area (Å²) in [6.45, 7) is 25.4. The maximum absolute atomic E-state index is 9.47. The molecule has 0 unspecified atom stereocenters. The van der Waals surface area contributed by atoms with Crippen LogP contribution in [0.4, 0.5) is 0 Å². The van der Waals surface area contributed by atoms with E-state index in [2.05, 4.69) is 92.2 Å². The Bertz CT molecular complexity index is 1600. The van der Waals surface area contributed by atoms with E-state index in [1.165, 1.54) is 6.33 Å². The Morgan fingerprint density at radius 3 is 2.32 bits per heavy atom. The second-order valence-electron chi connectivity index (χ2n) is 16.3. The third kappa shape index (κ3) is 6.84. The number of hydrogen-bond acceptors (Lipinski definition) is 8. The molecule has 2 aliphatic rings. The molecule has 4 heterocycles. The van der Waals surface area contributed by atoms with Crippen LogP contribution < -0.4 is 4.74 Å². The van der Waals surface area contributed by atoms with Crippen LogP contribution in [0.15, 0.2) is 42.9 Å². The van der Waals surface area contributed by atoms with Gasteiger partial charge in [-0.3, -0.25) is 0 Å². The topological polar surface area (TPSA) is 97.1 Å². The molecule has 0 saturated carbocycles. The number of rotatable bonds is 7. The first-order valence-corrected chi connectivity index (χ1v) is 21.4. The first-order valence-electron chi connectivity index (χ1n) is 16.7. The molecule has 256 valence electrons. The van der Waals surface area contributed by atoms with Crippen LogP contribution in [0.25, 0.3) is 11.0 Å². The molecule has 47 heavy (non-hydrogen) atoms. The van der Waals surface area contributed by atoms with Crippen molar-refractivity contribution in [2.75, 3.05) is 13.2 Å². The number of aromatic nitrogens is 3. The molecule has 1 aromatic carbocycles. The fourth-order valence-corrected chi connectivity index (χ4v) is 12.8. The summed E-state index contributed by atoms with van der Waals surface area (Å²) < 4.78 is 36.7. The normalized spacial score (nSPS) is 23.3. The SMILES string of the molecule is CC(C)(C)[Si](C)(C)O[C@@H]1[C@@H]2O[Si](C(C)(C)C)(C(C)(C)C)OC[C@H]2O[C@H]1n1cc(C#CCCO)c2c(OCc3ccccc3)ncnc21. The van der Waals surface area contributed by atoms with Crippen LogP contribution in [0.5, 0.6) is 5.88 Å². The van der Waals surface area contributed by atoms with Gasteiger partial charge in [-0.2, -0.15) is 0 Å². The van der Waals surface area contributed by atoms with Gasteiger partial charge in [0.25, 0.3) is 0 Å². The Balaban J connectivity index is 1.63. The van der Waals surface area contributed by atoms with Crippen LogP contribution in [0.2, 0.25) is 28.2 Å². The number of aliphatic hydroxyl groups is 1. The lowest BCUT2D eigenvalue weighted by Crippen LogP contribution is -2.66. The van der Waals surface area contributed by atoms with Gasteiger partial charge >= 0.3 is 8.56 Å². The molecule has 0 radical (unpaired) electrons. The summed E-state index contributed by atoms with van der Waals surface area (Å²) in [5.74, 6) is 6.77. The van der Waals surface area contributed by atoms with Gasteiger partial charge in [-0.05, 0) is 23.7 Å². The van der Waals surface area contributed by atoms with Crippen molar-refractivity contribution in [1.29, 1.82) is 0 Å². The number of fused-ring (bicyclic) bond motifs is 2. The number of aliphatic hydroxyl groups excluding tert-OH is 1. The van der Waals surface area contributed by atoms with Crippen molar-refractivity contribution in [3.63, 3.8) is 0 Å². The standard InChI is InChI=1S/C36H53N3O6Si2/c1-34(2,3)46(10,11)44-30-29-27(23-42-47(45-29,35(4,5)6)36(7,8)9)43-33(30)39-21-26(19-15-16-20-40)28-31(39)37-24-38-32(28)41-22-25-17-13-12-14-18-25/h12-14,17-18,21,24,27,29-30,33,40H,16,20,22-23H2,1-11H3/t27-,29-,30-,33-/m1/s1. The molecular formula is C36H53N3O6Si2. The molecule has 4 atom stereocenters. The van der Waals surface area contributed by atoms with Gasteiger partial charge in [0, 0.05) is 22.7 Å². The third-order valence-corrected chi connectivity index (χ3v) is 19.4. The van der Waals surface area contributed by atoms with E-state index in [0.717, 1.165) is 5.56 Å². The average Bonchev–Trinajstić information content (AvgIpc) is 3.52. The van der Waals surface area contributed by atoms with Gasteiger partial charge in [0.15, 0.2) is 20.2 Å². The van der Waals surface area contributed by atoms with Crippen LogP contribution in [-0.4, -0.2) is 68.0 Å². The zero-order valence-electron chi connectivity index (χ0n) is 30.0. The van der Waals surface area contributed by atoms with Crippen LogP contribution >= 0.6 is 0 Å². The van der Waals surface area contributed by atoms with E-state index in [4.69, 9.17) is 27.7 Å². The molecule has 2 saturated heterocycles. The zero-order valence-corrected chi connectivity index (χ0v) is 32.0. The lowest BCUT2D eigenvalue weighted by molar-refractivity contribution is -0.0794. The highest BCUT2D eigenvalue weighted by molar-refractivity contribution is 6.74. The number of ether oxygens (including phenoxy) is 2. The Kier molecular flexibility index (Phi) is 9.92. The van der Waals surface area contributed by atoms with E-state index in [9.17, 15) is 5.11 Å². The zero-order chi connectivity index (χ0) is 34.4. The summed E-state index contributed by atoms with van der Waals surface area (Å²) in [6, 6.07) is 9.98. The molecule has 2 fully saturated rings. The van der Waals surface area contributed by atoms with Crippen molar-refractivity contribution in [3.8, 4) is 17.7 Å². The highest BCUT2D eigenvalue weighted by Crippen LogP contribution is 2.57. The minimum Gasteiger partial charge on any atom is -0.472 e. The Hall–Kier alpha value is -2.57. The first-order chi connectivity index (χ1) is 21.9. The van der Waals surface area contributed by atoms with Gasteiger partial charge in [-0.15, -0.1) is 0 Å². The van der Waals surface area contributed by atoms with Gasteiger partial charge in [0.1, 0.15) is 31.2 Å². The minimum atomic E-state index is -2.83. The summed E-state index contributed by atoms with van der Waals surface area (Å²) in [7, 11) is -5.15. The maximum atomic E-state index is 9.47. The van der Waals surface area contributed by atoms with Gasteiger partial charge in [0.05, 0.1) is 24.2 Å². The van der Waals surface area contributed by atoms with Gasteiger partial charge in [-0.1, -0.05) is 104 Å². The molecule has 0 amide bonds. The van der Waals surface area contributed by atoms with Crippen molar-refractivity contribution in [3.05, 3.63) is 54.0 Å². The molecule has 0 bridgehead atoms. The number of nitrogens with zero attached hydrogens (tertiary/aromatic N) is 3. The Labute approximate surface area is 282 Å². The molecular weight excluding hydrogens is 627 g/mol. The highest BCUT2D eigenvalue weighted by Gasteiger charge is 2.66. The predicted octanol–water partition coefficient (Wildman–Crippen LogP) is 7.49. The van der Waals surface area contributed by atoms with E-state index >= 15 is 0 Å². The predicted molar refractivity (Wildman–Crippen MR) is 189 cm³/mol. The monoisotopic (exact) mass is 679 g/mol. The highest BCUT2D eigenvalue weighted by atomic mass is 28.4. The molecule has 1 N–H and O–H groups in total. The Morgan fingerprint density at radius 1 is 1.02 bits per heavy atom. The molecule has 2 aliphatic heterocycles. The van der Waals surface area contributed by atoms with E-state index in [-0.39, 0.29) is 33.9 Å². The van der Waals surface area contributed by atoms with Crippen molar-refractivity contribution in [2.45, 2.75) is 128 Å². The summed E-state index contributed by atoms with van der Waals surface area (Å²) in [4.78, 5) is 9.30. The second-order valence-corrected chi connectivity index (χ2v) is 25.8.